The number of aliphatic hydroxyl groups excluding tert-OH is 1. The van der Waals surface area contributed by atoms with Gasteiger partial charge in [0.25, 0.3) is 11.7 Å². The minimum Gasteiger partial charge on any atom is -0.507 e. The molecule has 0 aromatic heterocycles. The Bertz CT molecular complexity index is 1380. The van der Waals surface area contributed by atoms with Crippen molar-refractivity contribution in [2.75, 3.05) is 12.0 Å². The van der Waals surface area contributed by atoms with Crippen LogP contribution >= 0.6 is 11.6 Å². The van der Waals surface area contributed by atoms with Crippen molar-refractivity contribution < 1.29 is 24.5 Å². The first-order valence-electron chi connectivity index (χ1n) is 11.4. The van der Waals surface area contributed by atoms with Gasteiger partial charge in [-0.15, -0.1) is 0 Å². The molecule has 1 atom stereocenters. The number of carbonyl (C=O) groups excluding carboxylic acids is 2. The van der Waals surface area contributed by atoms with Crippen LogP contribution in [-0.2, 0) is 22.4 Å². The van der Waals surface area contributed by atoms with Crippen LogP contribution in [0.3, 0.4) is 0 Å². The van der Waals surface area contributed by atoms with Crippen LogP contribution in [0.25, 0.3) is 5.76 Å². The first kappa shape index (κ1) is 23.0. The van der Waals surface area contributed by atoms with Gasteiger partial charge in [0.2, 0.25) is 0 Å². The van der Waals surface area contributed by atoms with Crippen molar-refractivity contribution in [1.29, 1.82) is 0 Å². The first-order valence-corrected chi connectivity index (χ1v) is 11.8. The van der Waals surface area contributed by atoms with Crippen molar-refractivity contribution >= 4 is 34.7 Å². The maximum absolute atomic E-state index is 13.4. The van der Waals surface area contributed by atoms with E-state index < -0.39 is 17.7 Å². The highest BCUT2D eigenvalue weighted by Crippen LogP contribution is 2.44. The van der Waals surface area contributed by atoms with E-state index in [0.717, 1.165) is 31.2 Å². The standard InChI is InChI=1S/C28H24ClNO5/c1-35-21-8-4-7-20(15-21)30-25(18-11-12-23(31)22(29)14-18)24(27(33)28(30)34)26(32)19-10-9-16-5-2-3-6-17(16)13-19/h4,7-15,25,31-32H,2-3,5-6H2,1H3/b26-24-. The monoisotopic (exact) mass is 489 g/mol. The van der Waals surface area contributed by atoms with Crippen molar-refractivity contribution in [1.82, 2.24) is 0 Å². The second-order valence-corrected chi connectivity index (χ2v) is 9.18. The number of benzene rings is 3. The van der Waals surface area contributed by atoms with Gasteiger partial charge in [0, 0.05) is 17.3 Å². The molecule has 0 saturated carbocycles. The van der Waals surface area contributed by atoms with E-state index in [4.69, 9.17) is 16.3 Å². The third-order valence-electron chi connectivity index (χ3n) is 6.69. The number of phenolic OH excluding ortho intramolecular Hbond substituents is 1. The fourth-order valence-electron chi connectivity index (χ4n) is 4.90. The molecule has 2 aliphatic rings. The average Bonchev–Trinajstić information content (AvgIpc) is 3.15. The van der Waals surface area contributed by atoms with E-state index in [0.29, 0.717) is 22.6 Å². The molecule has 1 amide bonds. The Kier molecular flexibility index (Phi) is 5.99. The van der Waals surface area contributed by atoms with E-state index in [1.165, 1.54) is 29.7 Å². The number of ketones is 1. The molecule has 6 nitrogen and oxygen atoms in total. The number of fused-ring (bicyclic) bond motifs is 1. The third kappa shape index (κ3) is 4.04. The summed E-state index contributed by atoms with van der Waals surface area (Å²) in [7, 11) is 1.51. The zero-order valence-corrected chi connectivity index (χ0v) is 19.9. The number of anilines is 1. The van der Waals surface area contributed by atoms with Crippen LogP contribution in [0.5, 0.6) is 11.5 Å². The van der Waals surface area contributed by atoms with E-state index in [1.807, 2.05) is 12.1 Å². The Morgan fingerprint density at radius 1 is 1.00 bits per heavy atom. The van der Waals surface area contributed by atoms with Gasteiger partial charge in [-0.1, -0.05) is 35.9 Å². The van der Waals surface area contributed by atoms with Crippen LogP contribution in [0.15, 0.2) is 66.2 Å². The van der Waals surface area contributed by atoms with Crippen LogP contribution in [0.4, 0.5) is 5.69 Å². The smallest absolute Gasteiger partial charge is 0.300 e. The van der Waals surface area contributed by atoms with Crippen molar-refractivity contribution in [3.05, 3.63) is 93.5 Å². The number of amides is 1. The molecule has 3 aromatic carbocycles. The quantitative estimate of drug-likeness (QED) is 0.284. The fraction of sp³-hybridized carbons (Fsp3) is 0.214. The van der Waals surface area contributed by atoms with Gasteiger partial charge in [0.05, 0.1) is 23.7 Å². The Morgan fingerprint density at radius 3 is 2.51 bits per heavy atom. The van der Waals surface area contributed by atoms with E-state index in [-0.39, 0.29) is 22.1 Å². The van der Waals surface area contributed by atoms with Crippen LogP contribution in [0.1, 0.15) is 41.1 Å². The van der Waals surface area contributed by atoms with Crippen molar-refractivity contribution in [2.45, 2.75) is 31.7 Å². The summed E-state index contributed by atoms with van der Waals surface area (Å²) in [5.41, 5.74) is 3.76. The Labute approximate surface area is 208 Å². The second-order valence-electron chi connectivity index (χ2n) is 8.77. The Balaban J connectivity index is 1.71. The predicted octanol–water partition coefficient (Wildman–Crippen LogP) is 5.56. The number of phenols is 1. The largest absolute Gasteiger partial charge is 0.507 e. The van der Waals surface area contributed by atoms with Crippen molar-refractivity contribution in [3.63, 3.8) is 0 Å². The summed E-state index contributed by atoms with van der Waals surface area (Å²) in [6.45, 7) is 0. The highest BCUT2D eigenvalue weighted by molar-refractivity contribution is 6.51. The van der Waals surface area contributed by atoms with Gasteiger partial charge in [0.1, 0.15) is 17.3 Å². The van der Waals surface area contributed by atoms with Gasteiger partial charge in [-0.3, -0.25) is 14.5 Å². The number of aliphatic hydroxyl groups is 1. The van der Waals surface area contributed by atoms with Gasteiger partial charge in [-0.25, -0.2) is 0 Å². The number of halogens is 1. The summed E-state index contributed by atoms with van der Waals surface area (Å²) in [6, 6.07) is 16.0. The molecule has 0 bridgehead atoms. The van der Waals surface area contributed by atoms with Gasteiger partial charge in [-0.05, 0) is 72.7 Å². The lowest BCUT2D eigenvalue weighted by atomic mass is 9.88. The molecule has 3 aromatic rings. The SMILES string of the molecule is COc1cccc(N2C(=O)C(=O)/C(=C(\O)c3ccc4c(c3)CCCC4)C2c2ccc(O)c(Cl)c2)c1. The topological polar surface area (TPSA) is 87.1 Å². The van der Waals surface area contributed by atoms with E-state index in [9.17, 15) is 19.8 Å². The number of aromatic hydroxyl groups is 1. The third-order valence-corrected chi connectivity index (χ3v) is 6.99. The van der Waals surface area contributed by atoms with Crippen molar-refractivity contribution in [2.24, 2.45) is 0 Å². The summed E-state index contributed by atoms with van der Waals surface area (Å²) in [5.74, 6) is -1.41. The molecule has 1 heterocycles. The molecule has 1 fully saturated rings. The number of hydrogen-bond acceptors (Lipinski definition) is 5. The molecule has 1 unspecified atom stereocenters. The zero-order valence-electron chi connectivity index (χ0n) is 19.1. The Hall–Kier alpha value is -3.77. The molecule has 1 aliphatic heterocycles. The lowest BCUT2D eigenvalue weighted by Crippen LogP contribution is -2.29. The van der Waals surface area contributed by atoms with E-state index >= 15 is 0 Å². The minimum absolute atomic E-state index is 0.0321. The lowest BCUT2D eigenvalue weighted by Gasteiger charge is -2.26. The van der Waals surface area contributed by atoms with Gasteiger partial charge < -0.3 is 14.9 Å². The van der Waals surface area contributed by atoms with E-state index in [2.05, 4.69) is 0 Å². The molecule has 0 spiro atoms. The highest BCUT2D eigenvalue weighted by atomic mass is 35.5. The van der Waals surface area contributed by atoms with Crippen LogP contribution in [0, 0.1) is 0 Å². The summed E-state index contributed by atoms with van der Waals surface area (Å²) in [5, 5.41) is 21.4. The maximum Gasteiger partial charge on any atom is 0.300 e. The maximum atomic E-state index is 13.4. The number of ether oxygens (including phenoxy) is 1. The summed E-state index contributed by atoms with van der Waals surface area (Å²) in [4.78, 5) is 28.0. The van der Waals surface area contributed by atoms with Crippen LogP contribution in [-0.4, -0.2) is 29.0 Å². The number of nitrogens with zero attached hydrogens (tertiary/aromatic N) is 1. The molecule has 178 valence electrons. The summed E-state index contributed by atoms with van der Waals surface area (Å²) >= 11 is 6.19. The number of hydrogen-bond donors (Lipinski definition) is 2. The molecular weight excluding hydrogens is 466 g/mol. The molecule has 5 rings (SSSR count). The Morgan fingerprint density at radius 2 is 1.77 bits per heavy atom. The van der Waals surface area contributed by atoms with Gasteiger partial charge in [-0.2, -0.15) is 0 Å². The predicted molar refractivity (Wildman–Crippen MR) is 134 cm³/mol. The van der Waals surface area contributed by atoms with Crippen LogP contribution < -0.4 is 9.64 Å². The fourth-order valence-corrected chi connectivity index (χ4v) is 5.09. The lowest BCUT2D eigenvalue weighted by molar-refractivity contribution is -0.132. The molecule has 2 N–H and O–H groups in total. The molecule has 1 aliphatic carbocycles. The number of carbonyl (C=O) groups is 2. The number of methoxy groups -OCH3 is 1. The van der Waals surface area contributed by atoms with Crippen molar-refractivity contribution in [3.8, 4) is 11.5 Å². The number of aryl methyl sites for hydroxylation is 2. The van der Waals surface area contributed by atoms with E-state index in [1.54, 1.807) is 36.4 Å². The molecule has 0 radical (unpaired) electrons. The average molecular weight is 490 g/mol. The summed E-state index contributed by atoms with van der Waals surface area (Å²) < 4.78 is 5.31. The van der Waals surface area contributed by atoms with Gasteiger partial charge in [0.15, 0.2) is 0 Å². The highest BCUT2D eigenvalue weighted by Gasteiger charge is 2.47. The number of Topliss-reactive ketones (excluding diaryl/α,β-unsaturated/α-hetero) is 1. The molecular formula is C28H24ClNO5. The molecule has 7 heteroatoms. The molecule has 35 heavy (non-hydrogen) atoms. The zero-order chi connectivity index (χ0) is 24.7. The number of rotatable bonds is 4. The molecule has 1 saturated heterocycles. The minimum atomic E-state index is -0.948. The van der Waals surface area contributed by atoms with Crippen LogP contribution in [0.2, 0.25) is 5.02 Å². The summed E-state index contributed by atoms with van der Waals surface area (Å²) in [6.07, 6.45) is 4.10. The van der Waals surface area contributed by atoms with Gasteiger partial charge >= 0.3 is 0 Å². The normalized spacial score (nSPS) is 19.0. The first-order chi connectivity index (χ1) is 16.9. The second kappa shape index (κ2) is 9.12.